The van der Waals surface area contributed by atoms with Gasteiger partial charge >= 0.3 is 0 Å². The maximum atomic E-state index is 12.0. The number of hydrogen-bond acceptors (Lipinski definition) is 6. The lowest BCUT2D eigenvalue weighted by Crippen LogP contribution is -2.28. The molecule has 0 unspecified atom stereocenters. The monoisotopic (exact) mass is 419 g/mol. The van der Waals surface area contributed by atoms with Crippen molar-refractivity contribution < 1.29 is 22.7 Å². The minimum Gasteiger partial charge on any atom is -0.458 e. The summed E-state index contributed by atoms with van der Waals surface area (Å²) in [7, 11) is -3.22. The molecule has 1 atom stereocenters. The molecular formula is C20H21NO5S2. The Hall–Kier alpha value is -2.42. The third-order valence-electron chi connectivity index (χ3n) is 4.25. The van der Waals surface area contributed by atoms with Crippen LogP contribution in [-0.2, 0) is 21.1 Å². The molecule has 0 fully saturated rings. The van der Waals surface area contributed by atoms with Crippen LogP contribution in [0.1, 0.15) is 23.8 Å². The molecule has 0 spiro atoms. The molecule has 2 heterocycles. The molecule has 0 bridgehead atoms. The van der Waals surface area contributed by atoms with Crippen LogP contribution in [0.25, 0.3) is 11.3 Å². The minimum absolute atomic E-state index is 0.0580. The number of aryl methyl sites for hydroxylation is 1. The fraction of sp³-hybridized carbons (Fsp3) is 0.250. The van der Waals surface area contributed by atoms with Gasteiger partial charge in [-0.25, -0.2) is 8.42 Å². The number of carbonyl (C=O) groups is 1. The molecule has 0 aliphatic heterocycles. The van der Waals surface area contributed by atoms with E-state index in [1.54, 1.807) is 35.6 Å². The third kappa shape index (κ3) is 5.31. The molecule has 148 valence electrons. The van der Waals surface area contributed by atoms with Gasteiger partial charge in [-0.05, 0) is 47.7 Å². The maximum absolute atomic E-state index is 12.0. The maximum Gasteiger partial charge on any atom is 0.220 e. The fourth-order valence-electron chi connectivity index (χ4n) is 2.65. The molecule has 2 aromatic heterocycles. The van der Waals surface area contributed by atoms with Crippen molar-refractivity contribution in [1.29, 1.82) is 0 Å². The Morgan fingerprint density at radius 1 is 1.18 bits per heavy atom. The van der Waals surface area contributed by atoms with Gasteiger partial charge in [-0.1, -0.05) is 12.1 Å². The number of nitrogens with one attached hydrogen (secondary N) is 1. The highest BCUT2D eigenvalue weighted by atomic mass is 32.2. The first-order valence-electron chi connectivity index (χ1n) is 8.69. The first kappa shape index (κ1) is 20.3. The molecule has 0 aliphatic carbocycles. The number of hydrogen-bond donors (Lipinski definition) is 2. The first-order valence-corrected chi connectivity index (χ1v) is 11.5. The van der Waals surface area contributed by atoms with Gasteiger partial charge in [0.15, 0.2) is 9.84 Å². The summed E-state index contributed by atoms with van der Waals surface area (Å²) in [6.45, 7) is 0.0580. The van der Waals surface area contributed by atoms with Crippen LogP contribution in [0.5, 0.6) is 0 Å². The van der Waals surface area contributed by atoms with Crippen molar-refractivity contribution in [2.24, 2.45) is 0 Å². The average molecular weight is 420 g/mol. The molecule has 0 saturated carbocycles. The summed E-state index contributed by atoms with van der Waals surface area (Å²) in [5, 5.41) is 16.8. The number of furan rings is 1. The molecule has 0 saturated heterocycles. The van der Waals surface area contributed by atoms with E-state index < -0.39 is 15.9 Å². The molecule has 0 radical (unpaired) electrons. The predicted octanol–water partition coefficient (Wildman–Crippen LogP) is 3.19. The standard InChI is InChI=1S/C20H21NO5S2/c1-28(24,25)16-5-2-14(3-6-16)4-9-20(23)21-12-17(22)19-8-7-18(26-19)15-10-11-27-13-15/h2-3,5-8,10-11,13,17,22H,4,9,12H2,1H3,(H,21,23)/t17-/m0/s1. The van der Waals surface area contributed by atoms with Crippen molar-refractivity contribution in [3.05, 3.63) is 64.5 Å². The molecule has 6 nitrogen and oxygen atoms in total. The smallest absolute Gasteiger partial charge is 0.220 e. The summed E-state index contributed by atoms with van der Waals surface area (Å²) >= 11 is 1.56. The second-order valence-corrected chi connectivity index (χ2v) is 9.25. The van der Waals surface area contributed by atoms with Crippen LogP contribution in [-0.4, -0.2) is 32.2 Å². The molecule has 3 aromatic rings. The fourth-order valence-corrected chi connectivity index (χ4v) is 3.93. The highest BCUT2D eigenvalue weighted by molar-refractivity contribution is 7.90. The molecule has 1 aromatic carbocycles. The Balaban J connectivity index is 1.46. The third-order valence-corrected chi connectivity index (χ3v) is 6.06. The second-order valence-electron chi connectivity index (χ2n) is 6.45. The lowest BCUT2D eigenvalue weighted by Gasteiger charge is -2.10. The lowest BCUT2D eigenvalue weighted by atomic mass is 10.1. The minimum atomic E-state index is -3.22. The Bertz CT molecular complexity index is 1020. The van der Waals surface area contributed by atoms with E-state index in [2.05, 4.69) is 5.32 Å². The van der Waals surface area contributed by atoms with Gasteiger partial charge in [-0.15, -0.1) is 0 Å². The van der Waals surface area contributed by atoms with Crippen molar-refractivity contribution in [2.45, 2.75) is 23.8 Å². The van der Waals surface area contributed by atoms with Crippen LogP contribution >= 0.6 is 11.3 Å². The SMILES string of the molecule is CS(=O)(=O)c1ccc(CCC(=O)NC[C@H](O)c2ccc(-c3ccsc3)o2)cc1. The van der Waals surface area contributed by atoms with Crippen LogP contribution in [0.15, 0.2) is 62.5 Å². The van der Waals surface area contributed by atoms with Gasteiger partial charge in [0.05, 0.1) is 11.4 Å². The normalized spacial score (nSPS) is 12.6. The average Bonchev–Trinajstić information content (AvgIpc) is 3.35. The molecule has 1 amide bonds. The van der Waals surface area contributed by atoms with Crippen LogP contribution in [0.3, 0.4) is 0 Å². The van der Waals surface area contributed by atoms with E-state index in [0.29, 0.717) is 17.9 Å². The van der Waals surface area contributed by atoms with Gasteiger partial charge in [0, 0.05) is 23.6 Å². The number of carbonyl (C=O) groups excluding carboxylic acids is 1. The summed E-state index contributed by atoms with van der Waals surface area (Å²) in [6, 6.07) is 11.9. The van der Waals surface area contributed by atoms with Gasteiger partial charge in [0.25, 0.3) is 0 Å². The Morgan fingerprint density at radius 3 is 2.57 bits per heavy atom. The molecular weight excluding hydrogens is 398 g/mol. The zero-order valence-electron chi connectivity index (χ0n) is 15.3. The highest BCUT2D eigenvalue weighted by Crippen LogP contribution is 2.26. The zero-order chi connectivity index (χ0) is 20.1. The summed E-state index contributed by atoms with van der Waals surface area (Å²) in [6.07, 6.45) is 0.951. The molecule has 28 heavy (non-hydrogen) atoms. The summed E-state index contributed by atoms with van der Waals surface area (Å²) in [5.74, 6) is 0.882. The van der Waals surface area contributed by atoms with Crippen molar-refractivity contribution in [1.82, 2.24) is 5.32 Å². The number of rotatable bonds is 8. The van der Waals surface area contributed by atoms with Gasteiger partial charge in [0.1, 0.15) is 17.6 Å². The Kier molecular flexibility index (Phi) is 6.33. The van der Waals surface area contributed by atoms with Crippen LogP contribution in [0, 0.1) is 0 Å². The number of sulfone groups is 1. The van der Waals surface area contributed by atoms with E-state index in [9.17, 15) is 18.3 Å². The van der Waals surface area contributed by atoms with E-state index in [4.69, 9.17) is 4.42 Å². The van der Waals surface area contributed by atoms with Gasteiger partial charge in [-0.2, -0.15) is 11.3 Å². The molecule has 8 heteroatoms. The second kappa shape index (κ2) is 8.72. The zero-order valence-corrected chi connectivity index (χ0v) is 16.9. The molecule has 3 rings (SSSR count). The number of benzene rings is 1. The number of aliphatic hydroxyl groups excluding tert-OH is 1. The highest BCUT2D eigenvalue weighted by Gasteiger charge is 2.15. The topological polar surface area (TPSA) is 96.6 Å². The van der Waals surface area contributed by atoms with E-state index in [-0.39, 0.29) is 23.8 Å². The predicted molar refractivity (Wildman–Crippen MR) is 108 cm³/mol. The number of amides is 1. The lowest BCUT2D eigenvalue weighted by molar-refractivity contribution is -0.121. The van der Waals surface area contributed by atoms with Gasteiger partial charge < -0.3 is 14.8 Å². The van der Waals surface area contributed by atoms with E-state index in [0.717, 1.165) is 17.4 Å². The Labute approximate surface area is 167 Å². The first-order chi connectivity index (χ1) is 13.3. The van der Waals surface area contributed by atoms with E-state index in [1.165, 1.54) is 12.1 Å². The molecule has 2 N–H and O–H groups in total. The van der Waals surface area contributed by atoms with Crippen LogP contribution < -0.4 is 5.32 Å². The Morgan fingerprint density at radius 2 is 1.93 bits per heavy atom. The summed E-state index contributed by atoms with van der Waals surface area (Å²) < 4.78 is 28.5. The largest absolute Gasteiger partial charge is 0.458 e. The van der Waals surface area contributed by atoms with Crippen molar-refractivity contribution >= 4 is 27.1 Å². The van der Waals surface area contributed by atoms with Crippen molar-refractivity contribution in [2.75, 3.05) is 12.8 Å². The number of aliphatic hydroxyl groups is 1. The summed E-state index contributed by atoms with van der Waals surface area (Å²) in [4.78, 5) is 12.3. The molecule has 0 aliphatic rings. The summed E-state index contributed by atoms with van der Waals surface area (Å²) in [5.41, 5.74) is 1.82. The van der Waals surface area contributed by atoms with Crippen molar-refractivity contribution in [3.8, 4) is 11.3 Å². The van der Waals surface area contributed by atoms with Gasteiger partial charge in [0.2, 0.25) is 5.91 Å². The van der Waals surface area contributed by atoms with Crippen LogP contribution in [0.4, 0.5) is 0 Å². The van der Waals surface area contributed by atoms with E-state index >= 15 is 0 Å². The quantitative estimate of drug-likeness (QED) is 0.584. The van der Waals surface area contributed by atoms with Gasteiger partial charge in [-0.3, -0.25) is 4.79 Å². The number of thiophene rings is 1. The van der Waals surface area contributed by atoms with Crippen molar-refractivity contribution in [3.63, 3.8) is 0 Å². The van der Waals surface area contributed by atoms with Crippen LogP contribution in [0.2, 0.25) is 0 Å². The van der Waals surface area contributed by atoms with E-state index in [1.807, 2.05) is 16.8 Å².